The highest BCUT2D eigenvalue weighted by Gasteiger charge is 2.11. The first-order valence-electron chi connectivity index (χ1n) is 5.82. The number of anilines is 1. The number of carbonyl (C=O) groups is 1. The Labute approximate surface area is 109 Å². The second kappa shape index (κ2) is 4.53. The summed E-state index contributed by atoms with van der Waals surface area (Å²) in [7, 11) is 0. The van der Waals surface area contributed by atoms with Crippen molar-refractivity contribution in [2.24, 2.45) is 0 Å². The molecule has 0 fully saturated rings. The summed E-state index contributed by atoms with van der Waals surface area (Å²) < 4.78 is 5.47. The summed E-state index contributed by atoms with van der Waals surface area (Å²) in [5.74, 6) is -0.344. The minimum absolute atomic E-state index is 0.177. The molecule has 5 heteroatoms. The Morgan fingerprint density at radius 3 is 2.95 bits per heavy atom. The monoisotopic (exact) mass is 253 g/mol. The fourth-order valence-corrected chi connectivity index (χ4v) is 1.74. The van der Waals surface area contributed by atoms with E-state index >= 15 is 0 Å². The molecule has 0 atom stereocenters. The van der Waals surface area contributed by atoms with Crippen LogP contribution >= 0.6 is 0 Å². The van der Waals surface area contributed by atoms with E-state index in [0.29, 0.717) is 16.8 Å². The minimum atomic E-state index is -0.344. The number of pyridine rings is 1. The van der Waals surface area contributed by atoms with Crippen LogP contribution in [0, 0.1) is 6.92 Å². The van der Waals surface area contributed by atoms with Crippen LogP contribution in [-0.4, -0.2) is 15.9 Å². The van der Waals surface area contributed by atoms with E-state index in [2.05, 4.69) is 15.3 Å². The number of benzene rings is 1. The molecule has 5 nitrogen and oxygen atoms in total. The van der Waals surface area contributed by atoms with E-state index in [0.717, 1.165) is 5.56 Å². The highest BCUT2D eigenvalue weighted by molar-refractivity contribution is 6.02. The molecule has 0 saturated carbocycles. The molecular formula is C14H11N3O2. The Morgan fingerprint density at radius 1 is 1.26 bits per heavy atom. The number of amides is 1. The molecule has 19 heavy (non-hydrogen) atoms. The lowest BCUT2D eigenvalue weighted by atomic mass is 10.2. The van der Waals surface area contributed by atoms with Crippen LogP contribution in [0.2, 0.25) is 0 Å². The molecule has 1 amide bonds. The minimum Gasteiger partial charge on any atom is -0.423 e. The summed E-state index contributed by atoms with van der Waals surface area (Å²) in [6.45, 7) is 1.97. The molecule has 1 N–H and O–H groups in total. The molecule has 94 valence electrons. The molecule has 1 aromatic carbocycles. The topological polar surface area (TPSA) is 68.0 Å². The molecule has 0 aliphatic heterocycles. The van der Waals surface area contributed by atoms with Crippen molar-refractivity contribution in [2.75, 3.05) is 5.32 Å². The molecule has 0 radical (unpaired) electrons. The number of hydrogen-bond acceptors (Lipinski definition) is 4. The maximum Gasteiger partial charge on any atom is 0.302 e. The standard InChI is InChI=1S/C14H11N3O2/c1-9-5-6-10-12(8-9)19-14(16-10)17-13(18)11-4-2-3-7-15-11/h2-8H,1H3,(H,16,17,18). The van der Waals surface area contributed by atoms with Crippen LogP contribution < -0.4 is 5.32 Å². The largest absolute Gasteiger partial charge is 0.423 e. The fourth-order valence-electron chi connectivity index (χ4n) is 1.74. The van der Waals surface area contributed by atoms with Gasteiger partial charge >= 0.3 is 6.01 Å². The van der Waals surface area contributed by atoms with Gasteiger partial charge < -0.3 is 4.42 Å². The Kier molecular flexibility index (Phi) is 2.72. The third-order valence-electron chi connectivity index (χ3n) is 2.66. The lowest BCUT2D eigenvalue weighted by Crippen LogP contribution is -2.13. The van der Waals surface area contributed by atoms with Crippen LogP contribution in [0.15, 0.2) is 47.0 Å². The zero-order valence-corrected chi connectivity index (χ0v) is 10.3. The molecule has 2 aromatic heterocycles. The SMILES string of the molecule is Cc1ccc2nc(NC(=O)c3ccccn3)oc2c1. The van der Waals surface area contributed by atoms with Gasteiger partial charge in [-0.15, -0.1) is 0 Å². The van der Waals surface area contributed by atoms with Crippen molar-refractivity contribution in [3.05, 3.63) is 53.9 Å². The predicted octanol–water partition coefficient (Wildman–Crippen LogP) is 2.78. The molecule has 0 unspecified atom stereocenters. The molecule has 0 aliphatic carbocycles. The predicted molar refractivity (Wildman–Crippen MR) is 70.9 cm³/mol. The average molecular weight is 253 g/mol. The fraction of sp³-hybridized carbons (Fsp3) is 0.0714. The number of oxazole rings is 1. The van der Waals surface area contributed by atoms with Gasteiger partial charge in [-0.2, -0.15) is 4.98 Å². The Hall–Kier alpha value is -2.69. The molecule has 0 aliphatic rings. The van der Waals surface area contributed by atoms with Crippen LogP contribution in [0.1, 0.15) is 16.1 Å². The Morgan fingerprint density at radius 2 is 2.16 bits per heavy atom. The van der Waals surface area contributed by atoms with E-state index in [1.807, 2.05) is 25.1 Å². The van der Waals surface area contributed by atoms with Crippen molar-refractivity contribution in [1.82, 2.24) is 9.97 Å². The molecule has 0 spiro atoms. The first-order valence-corrected chi connectivity index (χ1v) is 5.82. The van der Waals surface area contributed by atoms with Crippen LogP contribution in [0.4, 0.5) is 6.01 Å². The van der Waals surface area contributed by atoms with Gasteiger partial charge in [0.25, 0.3) is 5.91 Å². The smallest absolute Gasteiger partial charge is 0.302 e. The number of nitrogens with one attached hydrogen (secondary N) is 1. The van der Waals surface area contributed by atoms with Crippen LogP contribution in [0.25, 0.3) is 11.1 Å². The first kappa shape index (κ1) is 11.4. The summed E-state index contributed by atoms with van der Waals surface area (Å²) in [5, 5.41) is 2.59. The maximum absolute atomic E-state index is 11.9. The van der Waals surface area contributed by atoms with Gasteiger partial charge in [-0.3, -0.25) is 15.1 Å². The Bertz CT molecular complexity index is 735. The van der Waals surface area contributed by atoms with Gasteiger partial charge in [0.05, 0.1) is 0 Å². The number of fused-ring (bicyclic) bond motifs is 1. The second-order valence-electron chi connectivity index (χ2n) is 4.16. The second-order valence-corrected chi connectivity index (χ2v) is 4.16. The zero-order chi connectivity index (χ0) is 13.2. The highest BCUT2D eigenvalue weighted by atomic mass is 16.4. The number of aromatic nitrogens is 2. The summed E-state index contributed by atoms with van der Waals surface area (Å²) in [6, 6.07) is 11.0. The van der Waals surface area contributed by atoms with E-state index < -0.39 is 0 Å². The van der Waals surface area contributed by atoms with Crippen molar-refractivity contribution in [1.29, 1.82) is 0 Å². The van der Waals surface area contributed by atoms with Gasteiger partial charge in [0.2, 0.25) is 0 Å². The van der Waals surface area contributed by atoms with Crippen LogP contribution in [0.5, 0.6) is 0 Å². The number of aryl methyl sites for hydroxylation is 1. The van der Waals surface area contributed by atoms with Gasteiger partial charge in [0.1, 0.15) is 11.2 Å². The molecule has 2 heterocycles. The van der Waals surface area contributed by atoms with Gasteiger partial charge in [0, 0.05) is 6.20 Å². The summed E-state index contributed by atoms with van der Waals surface area (Å²) in [6.07, 6.45) is 1.56. The van der Waals surface area contributed by atoms with Crippen LogP contribution in [0.3, 0.4) is 0 Å². The van der Waals surface area contributed by atoms with Crippen LogP contribution in [-0.2, 0) is 0 Å². The lowest BCUT2D eigenvalue weighted by Gasteiger charge is -1.98. The summed E-state index contributed by atoms with van der Waals surface area (Å²) in [5.41, 5.74) is 2.76. The van der Waals surface area contributed by atoms with Gasteiger partial charge in [-0.1, -0.05) is 12.1 Å². The quantitative estimate of drug-likeness (QED) is 0.762. The lowest BCUT2D eigenvalue weighted by molar-refractivity contribution is 0.101. The normalized spacial score (nSPS) is 10.6. The summed E-state index contributed by atoms with van der Waals surface area (Å²) >= 11 is 0. The van der Waals surface area contributed by atoms with Crippen molar-refractivity contribution < 1.29 is 9.21 Å². The van der Waals surface area contributed by atoms with Crippen molar-refractivity contribution >= 4 is 23.0 Å². The number of carbonyl (C=O) groups excluding carboxylic acids is 1. The summed E-state index contributed by atoms with van der Waals surface area (Å²) in [4.78, 5) is 20.0. The highest BCUT2D eigenvalue weighted by Crippen LogP contribution is 2.20. The van der Waals surface area contributed by atoms with E-state index in [9.17, 15) is 4.79 Å². The van der Waals surface area contributed by atoms with Crippen molar-refractivity contribution in [3.8, 4) is 0 Å². The molecule has 0 saturated heterocycles. The van der Waals surface area contributed by atoms with E-state index in [1.165, 1.54) is 0 Å². The van der Waals surface area contributed by atoms with Gasteiger partial charge in [-0.25, -0.2) is 0 Å². The third-order valence-corrected chi connectivity index (χ3v) is 2.66. The van der Waals surface area contributed by atoms with E-state index in [4.69, 9.17) is 4.42 Å². The molecule has 3 rings (SSSR count). The number of rotatable bonds is 2. The van der Waals surface area contributed by atoms with E-state index in [1.54, 1.807) is 24.4 Å². The zero-order valence-electron chi connectivity index (χ0n) is 10.3. The third kappa shape index (κ3) is 2.30. The Balaban J connectivity index is 1.87. The first-order chi connectivity index (χ1) is 9.22. The van der Waals surface area contributed by atoms with Gasteiger partial charge in [-0.05, 0) is 36.8 Å². The van der Waals surface area contributed by atoms with Crippen molar-refractivity contribution in [2.45, 2.75) is 6.92 Å². The molecule has 3 aromatic rings. The van der Waals surface area contributed by atoms with E-state index in [-0.39, 0.29) is 11.9 Å². The molecular weight excluding hydrogens is 242 g/mol. The number of nitrogens with zero attached hydrogens (tertiary/aromatic N) is 2. The number of hydrogen-bond donors (Lipinski definition) is 1. The maximum atomic E-state index is 11.9. The van der Waals surface area contributed by atoms with Crippen molar-refractivity contribution in [3.63, 3.8) is 0 Å². The average Bonchev–Trinajstić information content (AvgIpc) is 2.81. The van der Waals surface area contributed by atoms with Gasteiger partial charge in [0.15, 0.2) is 5.58 Å². The molecule has 0 bridgehead atoms.